The Morgan fingerprint density at radius 3 is 2.43 bits per heavy atom. The standard InChI is InChI=1S/C14H13N5O2/c1-8-4-6-9(7-5-8)15-13-16-10-11(17-13)18(2)14(21)19(3)12(10)20/h4-7H,1-3H3/p+1. The van der Waals surface area contributed by atoms with Crippen LogP contribution in [-0.4, -0.2) is 15.1 Å². The zero-order valence-electron chi connectivity index (χ0n) is 11.9. The van der Waals surface area contributed by atoms with Gasteiger partial charge in [-0.05, 0) is 19.1 Å². The van der Waals surface area contributed by atoms with Crippen molar-refractivity contribution in [2.75, 3.05) is 0 Å². The maximum absolute atomic E-state index is 12.0. The molecule has 2 heterocycles. The lowest BCUT2D eigenvalue weighted by atomic mass is 10.2. The predicted octanol–water partition coefficient (Wildman–Crippen LogP) is -2.59. The third kappa shape index (κ3) is 2.12. The molecule has 0 aliphatic carbocycles. The normalized spacial score (nSPS) is 14.7. The Kier molecular flexibility index (Phi) is 2.90. The first-order valence-corrected chi connectivity index (χ1v) is 6.41. The number of hydrogen-bond donors (Lipinski definition) is 1. The van der Waals surface area contributed by atoms with E-state index in [0.29, 0.717) is 11.4 Å². The van der Waals surface area contributed by atoms with Gasteiger partial charge in [0.05, 0.1) is 7.05 Å². The van der Waals surface area contributed by atoms with E-state index < -0.39 is 11.2 Å². The molecule has 2 aromatic rings. The third-order valence-corrected chi connectivity index (χ3v) is 3.36. The van der Waals surface area contributed by atoms with Gasteiger partial charge in [-0.2, -0.15) is 0 Å². The second kappa shape index (κ2) is 4.62. The van der Waals surface area contributed by atoms with Gasteiger partial charge in [0.2, 0.25) is 5.49 Å². The maximum Gasteiger partial charge on any atom is 0.383 e. The topological polar surface area (TPSA) is 82.7 Å². The Hall–Kier alpha value is -2.83. The molecular weight excluding hydrogens is 270 g/mol. The highest BCUT2D eigenvalue weighted by molar-refractivity contribution is 5.74. The first kappa shape index (κ1) is 13.2. The molecule has 0 saturated heterocycles. The van der Waals surface area contributed by atoms with E-state index >= 15 is 0 Å². The van der Waals surface area contributed by atoms with Gasteiger partial charge in [-0.15, -0.1) is 4.99 Å². The Balaban J connectivity index is 2.23. The lowest BCUT2D eigenvalue weighted by Gasteiger charge is -1.94. The average molecular weight is 284 g/mol. The van der Waals surface area contributed by atoms with Crippen molar-refractivity contribution in [1.29, 1.82) is 0 Å². The Morgan fingerprint density at radius 2 is 1.76 bits per heavy atom. The zero-order valence-corrected chi connectivity index (χ0v) is 11.9. The fourth-order valence-electron chi connectivity index (χ4n) is 2.10. The Labute approximate surface area is 119 Å². The molecule has 1 aliphatic heterocycles. The van der Waals surface area contributed by atoms with E-state index in [4.69, 9.17) is 0 Å². The summed E-state index contributed by atoms with van der Waals surface area (Å²) in [6.07, 6.45) is 0. The second-order valence-corrected chi connectivity index (χ2v) is 4.91. The van der Waals surface area contributed by atoms with Gasteiger partial charge in [-0.25, -0.2) is 14.4 Å². The van der Waals surface area contributed by atoms with Crippen LogP contribution in [0.15, 0.2) is 43.8 Å². The molecular formula is C14H14N5O2+. The van der Waals surface area contributed by atoms with Gasteiger partial charge in [0.1, 0.15) is 5.69 Å². The predicted molar refractivity (Wildman–Crippen MR) is 76.0 cm³/mol. The van der Waals surface area contributed by atoms with Gasteiger partial charge < -0.3 is 0 Å². The number of nitrogens with one attached hydrogen (secondary N) is 1. The summed E-state index contributed by atoms with van der Waals surface area (Å²) < 4.78 is 2.37. The number of hydrogen-bond acceptors (Lipinski definition) is 3. The largest absolute Gasteiger partial charge is 0.383 e. The van der Waals surface area contributed by atoms with Crippen LogP contribution in [0, 0.1) is 6.92 Å². The molecule has 0 spiro atoms. The molecule has 0 amide bonds. The minimum atomic E-state index is -0.435. The van der Waals surface area contributed by atoms with Crippen molar-refractivity contribution in [3.63, 3.8) is 0 Å². The number of benzene rings is 1. The molecule has 7 nitrogen and oxygen atoms in total. The van der Waals surface area contributed by atoms with Crippen molar-refractivity contribution in [2.24, 2.45) is 24.1 Å². The first-order valence-electron chi connectivity index (χ1n) is 6.41. The van der Waals surface area contributed by atoms with Crippen LogP contribution in [0.3, 0.4) is 0 Å². The van der Waals surface area contributed by atoms with Crippen molar-refractivity contribution >= 4 is 11.6 Å². The SMILES string of the molecule is Cc1ccc(N=C2N=c3c(=O)n(C)c(=O)n(C)c3=[NH+]2)cc1. The van der Waals surface area contributed by atoms with Crippen LogP contribution in [0.4, 0.5) is 5.69 Å². The van der Waals surface area contributed by atoms with Crippen LogP contribution in [-0.2, 0) is 14.1 Å². The first-order chi connectivity index (χ1) is 9.97. The highest BCUT2D eigenvalue weighted by Crippen LogP contribution is 2.11. The van der Waals surface area contributed by atoms with Gasteiger partial charge in [-0.1, -0.05) is 22.7 Å². The van der Waals surface area contributed by atoms with Gasteiger partial charge in [0.25, 0.3) is 10.9 Å². The number of fused-ring (bicyclic) bond motifs is 1. The lowest BCUT2D eigenvalue weighted by molar-refractivity contribution is -0.371. The number of rotatable bonds is 1. The monoisotopic (exact) mass is 284 g/mol. The Bertz CT molecular complexity index is 994. The van der Waals surface area contributed by atoms with Crippen LogP contribution in [0.2, 0.25) is 0 Å². The molecule has 1 aromatic heterocycles. The van der Waals surface area contributed by atoms with E-state index in [2.05, 4.69) is 15.0 Å². The summed E-state index contributed by atoms with van der Waals surface area (Å²) in [5.74, 6) is 0.298. The number of nitrogens with zero attached hydrogens (tertiary/aromatic N) is 4. The van der Waals surface area contributed by atoms with Crippen LogP contribution in [0.25, 0.3) is 0 Å². The summed E-state index contributed by atoms with van der Waals surface area (Å²) >= 11 is 0. The summed E-state index contributed by atoms with van der Waals surface area (Å²) in [6.45, 7) is 1.99. The summed E-state index contributed by atoms with van der Waals surface area (Å²) in [6, 6.07) is 7.60. The summed E-state index contributed by atoms with van der Waals surface area (Å²) in [7, 11) is 3.01. The second-order valence-electron chi connectivity index (χ2n) is 4.91. The number of aliphatic imine (C=N–C) groups is 1. The van der Waals surface area contributed by atoms with E-state index in [1.165, 1.54) is 11.6 Å². The van der Waals surface area contributed by atoms with E-state index in [0.717, 1.165) is 15.8 Å². The van der Waals surface area contributed by atoms with Crippen molar-refractivity contribution in [2.45, 2.75) is 6.92 Å². The molecule has 3 rings (SSSR count). The molecule has 106 valence electrons. The van der Waals surface area contributed by atoms with Crippen LogP contribution < -0.4 is 27.1 Å². The van der Waals surface area contributed by atoms with Crippen molar-refractivity contribution in [3.8, 4) is 0 Å². The zero-order chi connectivity index (χ0) is 15.1. The van der Waals surface area contributed by atoms with Crippen molar-refractivity contribution in [1.82, 2.24) is 9.13 Å². The van der Waals surface area contributed by atoms with Crippen molar-refractivity contribution in [3.05, 3.63) is 61.5 Å². The van der Waals surface area contributed by atoms with Gasteiger partial charge >= 0.3 is 11.6 Å². The summed E-state index contributed by atoms with van der Waals surface area (Å²) in [4.78, 5) is 35.3. The molecule has 1 N–H and O–H groups in total. The molecule has 0 bridgehead atoms. The summed E-state index contributed by atoms with van der Waals surface area (Å²) in [5, 5.41) is 0.200. The highest BCUT2D eigenvalue weighted by atomic mass is 16.2. The minimum absolute atomic E-state index is 0.200. The van der Waals surface area contributed by atoms with E-state index in [9.17, 15) is 9.59 Å². The highest BCUT2D eigenvalue weighted by Gasteiger charge is 2.19. The molecule has 0 unspecified atom stereocenters. The number of guanidine groups is 1. The fourth-order valence-corrected chi connectivity index (χ4v) is 2.10. The van der Waals surface area contributed by atoms with Crippen LogP contribution >= 0.6 is 0 Å². The number of aryl methyl sites for hydroxylation is 1. The van der Waals surface area contributed by atoms with Crippen LogP contribution in [0.1, 0.15) is 5.56 Å². The molecule has 0 fully saturated rings. The molecule has 21 heavy (non-hydrogen) atoms. The average Bonchev–Trinajstić information content (AvgIpc) is 2.89. The smallest absolute Gasteiger partial charge is 0.265 e. The number of aromatic nitrogens is 2. The quantitative estimate of drug-likeness (QED) is 0.623. The van der Waals surface area contributed by atoms with Gasteiger partial charge in [0, 0.05) is 7.05 Å². The molecule has 1 aromatic carbocycles. The molecule has 0 saturated carbocycles. The molecule has 1 aliphatic rings. The van der Waals surface area contributed by atoms with Gasteiger partial charge in [-0.3, -0.25) is 9.36 Å². The van der Waals surface area contributed by atoms with E-state index in [1.807, 2.05) is 31.2 Å². The van der Waals surface area contributed by atoms with Crippen LogP contribution in [0.5, 0.6) is 0 Å². The van der Waals surface area contributed by atoms with Crippen molar-refractivity contribution < 1.29 is 4.99 Å². The van der Waals surface area contributed by atoms with Gasteiger partial charge in [0.15, 0.2) is 0 Å². The van der Waals surface area contributed by atoms with E-state index in [1.54, 1.807) is 7.05 Å². The third-order valence-electron chi connectivity index (χ3n) is 3.36. The lowest BCUT2D eigenvalue weighted by Crippen LogP contribution is -2.83. The van der Waals surface area contributed by atoms with E-state index in [-0.39, 0.29) is 5.36 Å². The Morgan fingerprint density at radius 1 is 1.10 bits per heavy atom. The maximum atomic E-state index is 12.0. The fraction of sp³-hybridized carbons (Fsp3) is 0.214. The molecule has 7 heteroatoms. The minimum Gasteiger partial charge on any atom is -0.265 e. The molecule has 0 radical (unpaired) electrons. The molecule has 0 atom stereocenters. The summed E-state index contributed by atoms with van der Waals surface area (Å²) in [5.41, 5.74) is 1.39.